The zero-order valence-electron chi connectivity index (χ0n) is 13.5. The van der Waals surface area contributed by atoms with Crippen molar-refractivity contribution in [2.45, 2.75) is 18.5 Å². The fraction of sp³-hybridized carbons (Fsp3) is 0.211. The van der Waals surface area contributed by atoms with Gasteiger partial charge in [0.05, 0.1) is 23.2 Å². The lowest BCUT2D eigenvalue weighted by molar-refractivity contribution is -0.143. The molecule has 0 fully saturated rings. The number of fused-ring (bicyclic) bond motifs is 3. The van der Waals surface area contributed by atoms with Gasteiger partial charge in [0.15, 0.2) is 0 Å². The topological polar surface area (TPSA) is 54.1 Å². The van der Waals surface area contributed by atoms with Gasteiger partial charge in [0.25, 0.3) is 0 Å². The van der Waals surface area contributed by atoms with Gasteiger partial charge in [-0.25, -0.2) is 0 Å². The van der Waals surface area contributed by atoms with Crippen LogP contribution in [0.5, 0.6) is 0 Å². The average Bonchev–Trinajstić information content (AvgIpc) is 3.01. The number of nitrogens with one attached hydrogen (secondary N) is 2. The number of H-pyrrole nitrogens is 1. The number of aromatic nitrogens is 1. The SMILES string of the molecule is COC(=O)C1Cc2c([nH]c3ccccc23)C(c2cccc(Cl)c2Cl)N1. The van der Waals surface area contributed by atoms with Crippen molar-refractivity contribution in [3.63, 3.8) is 0 Å². The molecule has 2 heterocycles. The minimum absolute atomic E-state index is 0.272. The summed E-state index contributed by atoms with van der Waals surface area (Å²) in [6.45, 7) is 0. The Morgan fingerprint density at radius 3 is 2.76 bits per heavy atom. The number of para-hydroxylation sites is 1. The zero-order valence-corrected chi connectivity index (χ0v) is 15.0. The largest absolute Gasteiger partial charge is 0.468 e. The van der Waals surface area contributed by atoms with Crippen molar-refractivity contribution in [1.29, 1.82) is 0 Å². The summed E-state index contributed by atoms with van der Waals surface area (Å²) in [6, 6.07) is 12.9. The molecule has 4 rings (SSSR count). The van der Waals surface area contributed by atoms with Gasteiger partial charge in [-0.15, -0.1) is 0 Å². The van der Waals surface area contributed by atoms with E-state index in [0.29, 0.717) is 16.5 Å². The number of hydrogen-bond acceptors (Lipinski definition) is 3. The van der Waals surface area contributed by atoms with Crippen LogP contribution in [0.1, 0.15) is 22.9 Å². The lowest BCUT2D eigenvalue weighted by Crippen LogP contribution is -2.45. The second kappa shape index (κ2) is 6.37. The van der Waals surface area contributed by atoms with Crippen LogP contribution in [-0.2, 0) is 16.0 Å². The van der Waals surface area contributed by atoms with Crippen molar-refractivity contribution in [3.8, 4) is 0 Å². The van der Waals surface area contributed by atoms with Gasteiger partial charge in [-0.3, -0.25) is 10.1 Å². The molecule has 2 aromatic carbocycles. The summed E-state index contributed by atoms with van der Waals surface area (Å²) in [4.78, 5) is 15.7. The molecular weight excluding hydrogens is 359 g/mol. The highest BCUT2D eigenvalue weighted by Gasteiger charge is 2.35. The predicted octanol–water partition coefficient (Wildman–Crippen LogP) is 4.25. The smallest absolute Gasteiger partial charge is 0.323 e. The maximum Gasteiger partial charge on any atom is 0.323 e. The molecule has 0 saturated heterocycles. The number of ether oxygens (including phenoxy) is 1. The average molecular weight is 375 g/mol. The van der Waals surface area contributed by atoms with Gasteiger partial charge in [0.1, 0.15) is 6.04 Å². The number of carbonyl (C=O) groups is 1. The van der Waals surface area contributed by atoms with E-state index in [1.165, 1.54) is 7.11 Å². The summed E-state index contributed by atoms with van der Waals surface area (Å²) in [6.07, 6.45) is 0.556. The molecular formula is C19H16Cl2N2O2. The number of aromatic amines is 1. The molecule has 3 aromatic rings. The number of methoxy groups -OCH3 is 1. The molecule has 2 unspecified atom stereocenters. The highest BCUT2D eigenvalue weighted by Crippen LogP contribution is 2.39. The van der Waals surface area contributed by atoms with Crippen molar-refractivity contribution in [2.24, 2.45) is 0 Å². The van der Waals surface area contributed by atoms with Gasteiger partial charge in [-0.05, 0) is 23.3 Å². The monoisotopic (exact) mass is 374 g/mol. The van der Waals surface area contributed by atoms with E-state index in [2.05, 4.69) is 16.4 Å². The van der Waals surface area contributed by atoms with E-state index in [0.717, 1.165) is 27.7 Å². The van der Waals surface area contributed by atoms with E-state index in [9.17, 15) is 4.79 Å². The van der Waals surface area contributed by atoms with Crippen LogP contribution in [0.25, 0.3) is 10.9 Å². The molecule has 6 heteroatoms. The maximum atomic E-state index is 12.2. The molecule has 0 bridgehead atoms. The van der Waals surface area contributed by atoms with Gasteiger partial charge >= 0.3 is 5.97 Å². The third kappa shape index (κ3) is 2.71. The fourth-order valence-corrected chi connectivity index (χ4v) is 3.93. The molecule has 2 N–H and O–H groups in total. The number of rotatable bonds is 2. The number of halogens is 2. The molecule has 1 aliphatic rings. The number of hydrogen-bond donors (Lipinski definition) is 2. The maximum absolute atomic E-state index is 12.2. The Hall–Kier alpha value is -2.01. The third-order valence-corrected chi connectivity index (χ3v) is 5.52. The molecule has 0 amide bonds. The standard InChI is InChI=1S/C19H16Cl2N2O2/c1-25-19(24)15-9-12-10-5-2-3-8-14(10)22-18(12)17(23-15)11-6-4-7-13(20)16(11)21/h2-8,15,17,22-23H,9H2,1H3. The first kappa shape index (κ1) is 16.5. The molecule has 1 aliphatic heterocycles. The van der Waals surface area contributed by atoms with Crippen molar-refractivity contribution in [1.82, 2.24) is 10.3 Å². The van der Waals surface area contributed by atoms with Crippen molar-refractivity contribution in [3.05, 3.63) is 69.3 Å². The van der Waals surface area contributed by atoms with E-state index in [4.69, 9.17) is 27.9 Å². The second-order valence-electron chi connectivity index (χ2n) is 6.09. The molecule has 4 nitrogen and oxygen atoms in total. The van der Waals surface area contributed by atoms with Crippen LogP contribution < -0.4 is 5.32 Å². The van der Waals surface area contributed by atoms with Gasteiger partial charge < -0.3 is 9.72 Å². The zero-order chi connectivity index (χ0) is 17.6. The van der Waals surface area contributed by atoms with E-state index in [1.807, 2.05) is 30.3 Å². The molecule has 0 spiro atoms. The highest BCUT2D eigenvalue weighted by atomic mass is 35.5. The Morgan fingerprint density at radius 1 is 1.16 bits per heavy atom. The lowest BCUT2D eigenvalue weighted by Gasteiger charge is -2.30. The minimum Gasteiger partial charge on any atom is -0.468 e. The summed E-state index contributed by atoms with van der Waals surface area (Å²) in [5.74, 6) is -0.293. The first-order chi connectivity index (χ1) is 12.1. The first-order valence-electron chi connectivity index (χ1n) is 7.97. The molecule has 1 aromatic heterocycles. The number of carbonyl (C=O) groups excluding carboxylic acids is 1. The van der Waals surface area contributed by atoms with Gasteiger partial charge in [0, 0.05) is 23.0 Å². The fourth-order valence-electron chi connectivity index (χ4n) is 3.52. The van der Waals surface area contributed by atoms with E-state index in [-0.39, 0.29) is 12.0 Å². The van der Waals surface area contributed by atoms with Crippen LogP contribution >= 0.6 is 23.2 Å². The third-order valence-electron chi connectivity index (χ3n) is 4.69. The summed E-state index contributed by atoms with van der Waals surface area (Å²) < 4.78 is 4.96. The summed E-state index contributed by atoms with van der Waals surface area (Å²) in [5.41, 5.74) is 3.97. The Balaban J connectivity index is 1.92. The Bertz CT molecular complexity index is 967. The summed E-state index contributed by atoms with van der Waals surface area (Å²) in [5, 5.41) is 5.43. The van der Waals surface area contributed by atoms with Crippen LogP contribution in [0.15, 0.2) is 42.5 Å². The Morgan fingerprint density at radius 2 is 1.96 bits per heavy atom. The predicted molar refractivity (Wildman–Crippen MR) is 99.2 cm³/mol. The quantitative estimate of drug-likeness (QED) is 0.659. The number of benzene rings is 2. The van der Waals surface area contributed by atoms with E-state index < -0.39 is 6.04 Å². The molecule has 0 radical (unpaired) electrons. The Labute approximate surface area is 155 Å². The molecule has 0 saturated carbocycles. The normalized spacial score (nSPS) is 19.6. The first-order valence-corrected chi connectivity index (χ1v) is 8.73. The highest BCUT2D eigenvalue weighted by molar-refractivity contribution is 6.42. The lowest BCUT2D eigenvalue weighted by atomic mass is 9.90. The minimum atomic E-state index is -0.447. The van der Waals surface area contributed by atoms with Gasteiger partial charge in [-0.1, -0.05) is 53.5 Å². The molecule has 128 valence electrons. The molecule has 2 atom stereocenters. The van der Waals surface area contributed by atoms with Crippen molar-refractivity contribution >= 4 is 40.1 Å². The molecule has 0 aliphatic carbocycles. The van der Waals surface area contributed by atoms with Crippen molar-refractivity contribution < 1.29 is 9.53 Å². The van der Waals surface area contributed by atoms with Crippen LogP contribution in [0.3, 0.4) is 0 Å². The van der Waals surface area contributed by atoms with E-state index in [1.54, 1.807) is 6.07 Å². The van der Waals surface area contributed by atoms with Crippen LogP contribution in [0.2, 0.25) is 10.0 Å². The van der Waals surface area contributed by atoms with Crippen molar-refractivity contribution in [2.75, 3.05) is 7.11 Å². The van der Waals surface area contributed by atoms with Crippen LogP contribution in [-0.4, -0.2) is 24.1 Å². The summed E-state index contributed by atoms with van der Waals surface area (Å²) >= 11 is 12.7. The molecule has 25 heavy (non-hydrogen) atoms. The number of esters is 1. The summed E-state index contributed by atoms with van der Waals surface area (Å²) in [7, 11) is 1.40. The van der Waals surface area contributed by atoms with Gasteiger partial charge in [0.2, 0.25) is 0 Å². The second-order valence-corrected chi connectivity index (χ2v) is 6.87. The van der Waals surface area contributed by atoms with E-state index >= 15 is 0 Å². The van der Waals surface area contributed by atoms with Gasteiger partial charge in [-0.2, -0.15) is 0 Å². The Kier molecular flexibility index (Phi) is 4.20. The van der Waals surface area contributed by atoms with Crippen LogP contribution in [0.4, 0.5) is 0 Å². The van der Waals surface area contributed by atoms with Crippen LogP contribution in [0, 0.1) is 0 Å².